The number of carbonyl (C=O) groups excluding carboxylic acids is 1. The Bertz CT molecular complexity index is 375. The van der Waals surface area contributed by atoms with Crippen molar-refractivity contribution in [3.63, 3.8) is 0 Å². The average molecular weight is 199 g/mol. The molecule has 0 aliphatic heterocycles. The standard InChI is InChI=1S/C9H13NO2S/c1-4-8(11)5-10-6(2)7(3)13-9(10)12/h4-5H2,1-3H3. The first kappa shape index (κ1) is 10.2. The molecule has 0 fully saturated rings. The van der Waals surface area contributed by atoms with Crippen LogP contribution in [-0.4, -0.2) is 10.4 Å². The number of thiazole rings is 1. The van der Waals surface area contributed by atoms with E-state index >= 15 is 0 Å². The molecule has 0 aliphatic rings. The van der Waals surface area contributed by atoms with Crippen molar-refractivity contribution >= 4 is 17.1 Å². The highest BCUT2D eigenvalue weighted by molar-refractivity contribution is 7.09. The van der Waals surface area contributed by atoms with E-state index in [4.69, 9.17) is 0 Å². The molecule has 13 heavy (non-hydrogen) atoms. The first-order valence-corrected chi connectivity index (χ1v) is 5.06. The van der Waals surface area contributed by atoms with Crippen molar-refractivity contribution in [1.82, 2.24) is 4.57 Å². The van der Waals surface area contributed by atoms with Crippen LogP contribution in [0.15, 0.2) is 4.79 Å². The van der Waals surface area contributed by atoms with Gasteiger partial charge in [-0.1, -0.05) is 18.3 Å². The van der Waals surface area contributed by atoms with Gasteiger partial charge in [0.1, 0.15) is 0 Å². The van der Waals surface area contributed by atoms with Crippen LogP contribution in [0, 0.1) is 13.8 Å². The third-order valence-corrected chi connectivity index (χ3v) is 3.10. The van der Waals surface area contributed by atoms with Gasteiger partial charge in [0.25, 0.3) is 0 Å². The normalized spacial score (nSPS) is 10.4. The van der Waals surface area contributed by atoms with Crippen molar-refractivity contribution in [2.45, 2.75) is 33.7 Å². The van der Waals surface area contributed by atoms with Crippen LogP contribution in [0.5, 0.6) is 0 Å². The van der Waals surface area contributed by atoms with Crippen LogP contribution in [0.3, 0.4) is 0 Å². The summed E-state index contributed by atoms with van der Waals surface area (Å²) in [4.78, 5) is 23.4. The largest absolute Gasteiger partial charge is 0.307 e. The molecule has 0 saturated carbocycles. The Morgan fingerprint density at radius 3 is 2.46 bits per heavy atom. The number of aryl methyl sites for hydroxylation is 1. The summed E-state index contributed by atoms with van der Waals surface area (Å²) in [6.45, 7) is 5.80. The SMILES string of the molecule is CCC(=O)Cn1c(C)c(C)sc1=O. The van der Waals surface area contributed by atoms with Gasteiger partial charge in [-0.2, -0.15) is 0 Å². The quantitative estimate of drug-likeness (QED) is 0.740. The zero-order valence-corrected chi connectivity index (χ0v) is 8.90. The van der Waals surface area contributed by atoms with E-state index in [2.05, 4.69) is 0 Å². The number of hydrogen-bond acceptors (Lipinski definition) is 3. The number of Topliss-reactive ketones (excluding diaryl/α,β-unsaturated/α-hetero) is 1. The third-order valence-electron chi connectivity index (χ3n) is 2.10. The van der Waals surface area contributed by atoms with Crippen LogP contribution in [-0.2, 0) is 11.3 Å². The van der Waals surface area contributed by atoms with Crippen LogP contribution in [0.4, 0.5) is 0 Å². The molecule has 0 aliphatic carbocycles. The van der Waals surface area contributed by atoms with E-state index in [-0.39, 0.29) is 17.2 Å². The average Bonchev–Trinajstić information content (AvgIpc) is 2.32. The Hall–Kier alpha value is -0.900. The molecule has 1 heterocycles. The fraction of sp³-hybridized carbons (Fsp3) is 0.556. The summed E-state index contributed by atoms with van der Waals surface area (Å²) >= 11 is 1.20. The molecule has 0 aromatic carbocycles. The van der Waals surface area contributed by atoms with Gasteiger partial charge < -0.3 is 0 Å². The summed E-state index contributed by atoms with van der Waals surface area (Å²) in [5.41, 5.74) is 0.914. The van der Waals surface area contributed by atoms with Gasteiger partial charge >= 0.3 is 4.87 Å². The number of aromatic nitrogens is 1. The van der Waals surface area contributed by atoms with Gasteiger partial charge in [-0.3, -0.25) is 14.2 Å². The number of ketones is 1. The second-order valence-electron chi connectivity index (χ2n) is 2.99. The van der Waals surface area contributed by atoms with Crippen molar-refractivity contribution in [2.24, 2.45) is 0 Å². The van der Waals surface area contributed by atoms with Crippen LogP contribution >= 0.6 is 11.3 Å². The maximum Gasteiger partial charge on any atom is 0.307 e. The number of carbonyl (C=O) groups is 1. The predicted octanol–water partition coefficient (Wildman–Crippen LogP) is 1.51. The monoisotopic (exact) mass is 199 g/mol. The molecule has 3 nitrogen and oxygen atoms in total. The van der Waals surface area contributed by atoms with Gasteiger partial charge in [-0.05, 0) is 13.8 Å². The molecule has 0 saturated heterocycles. The highest BCUT2D eigenvalue weighted by atomic mass is 32.1. The lowest BCUT2D eigenvalue weighted by Crippen LogP contribution is -2.19. The summed E-state index contributed by atoms with van der Waals surface area (Å²) < 4.78 is 1.55. The number of rotatable bonds is 3. The highest BCUT2D eigenvalue weighted by Gasteiger charge is 2.09. The fourth-order valence-corrected chi connectivity index (χ4v) is 1.89. The molecule has 1 aromatic rings. The van der Waals surface area contributed by atoms with E-state index in [1.165, 1.54) is 11.3 Å². The smallest absolute Gasteiger partial charge is 0.298 e. The highest BCUT2D eigenvalue weighted by Crippen LogP contribution is 2.09. The predicted molar refractivity (Wildman–Crippen MR) is 53.4 cm³/mol. The van der Waals surface area contributed by atoms with Crippen LogP contribution in [0.2, 0.25) is 0 Å². The van der Waals surface area contributed by atoms with E-state index in [0.717, 1.165) is 10.6 Å². The van der Waals surface area contributed by atoms with Gasteiger partial charge in [-0.25, -0.2) is 0 Å². The molecule has 1 rings (SSSR count). The van der Waals surface area contributed by atoms with Crippen LogP contribution in [0.1, 0.15) is 23.9 Å². The second-order valence-corrected chi connectivity index (χ2v) is 4.15. The van der Waals surface area contributed by atoms with E-state index in [9.17, 15) is 9.59 Å². The molecule has 0 radical (unpaired) electrons. The van der Waals surface area contributed by atoms with Gasteiger partial charge in [0, 0.05) is 17.0 Å². The molecular formula is C9H13NO2S. The molecule has 72 valence electrons. The summed E-state index contributed by atoms with van der Waals surface area (Å²) in [6, 6.07) is 0. The van der Waals surface area contributed by atoms with E-state index < -0.39 is 0 Å². The van der Waals surface area contributed by atoms with Gasteiger partial charge in [0.2, 0.25) is 0 Å². The first-order chi connectivity index (χ1) is 6.06. The van der Waals surface area contributed by atoms with Gasteiger partial charge in [-0.15, -0.1) is 0 Å². The van der Waals surface area contributed by atoms with Crippen LogP contribution < -0.4 is 4.87 Å². The molecule has 4 heteroatoms. The molecule has 0 atom stereocenters. The molecule has 0 bridgehead atoms. The molecule has 0 N–H and O–H groups in total. The van der Waals surface area contributed by atoms with Gasteiger partial charge in [0.15, 0.2) is 5.78 Å². The minimum atomic E-state index is -0.0307. The lowest BCUT2D eigenvalue weighted by atomic mass is 10.3. The van der Waals surface area contributed by atoms with Crippen molar-refractivity contribution in [3.05, 3.63) is 20.2 Å². The summed E-state index contributed by atoms with van der Waals surface area (Å²) in [7, 11) is 0. The fourth-order valence-electron chi connectivity index (χ4n) is 1.06. The Balaban J connectivity index is 3.01. The Kier molecular flexibility index (Phi) is 3.03. The third kappa shape index (κ3) is 2.06. The summed E-state index contributed by atoms with van der Waals surface area (Å²) in [5, 5.41) is 0. The molecular weight excluding hydrogens is 186 g/mol. The summed E-state index contributed by atoms with van der Waals surface area (Å²) in [5.74, 6) is 0.100. The Morgan fingerprint density at radius 2 is 2.08 bits per heavy atom. The van der Waals surface area contributed by atoms with Crippen molar-refractivity contribution in [1.29, 1.82) is 0 Å². The van der Waals surface area contributed by atoms with Crippen molar-refractivity contribution < 1.29 is 4.79 Å². The zero-order valence-electron chi connectivity index (χ0n) is 8.09. The van der Waals surface area contributed by atoms with E-state index in [1.807, 2.05) is 20.8 Å². The second kappa shape index (κ2) is 3.87. The van der Waals surface area contributed by atoms with E-state index in [0.29, 0.717) is 6.42 Å². The topological polar surface area (TPSA) is 39.1 Å². The minimum absolute atomic E-state index is 0.0307. The maximum atomic E-state index is 11.3. The number of nitrogens with zero attached hydrogens (tertiary/aromatic N) is 1. The summed E-state index contributed by atoms with van der Waals surface area (Å²) in [6.07, 6.45) is 0.487. The Labute approximate surface area is 81.0 Å². The number of hydrogen-bond donors (Lipinski definition) is 0. The zero-order chi connectivity index (χ0) is 10.0. The Morgan fingerprint density at radius 1 is 1.46 bits per heavy atom. The lowest BCUT2D eigenvalue weighted by Gasteiger charge is -2.01. The first-order valence-electron chi connectivity index (χ1n) is 4.24. The van der Waals surface area contributed by atoms with Crippen molar-refractivity contribution in [3.8, 4) is 0 Å². The van der Waals surface area contributed by atoms with E-state index in [1.54, 1.807) is 4.57 Å². The molecule has 0 spiro atoms. The lowest BCUT2D eigenvalue weighted by molar-refractivity contribution is -0.119. The molecule has 0 unspecified atom stereocenters. The van der Waals surface area contributed by atoms with Crippen molar-refractivity contribution in [2.75, 3.05) is 0 Å². The molecule has 1 aromatic heterocycles. The van der Waals surface area contributed by atoms with Gasteiger partial charge in [0.05, 0.1) is 6.54 Å². The minimum Gasteiger partial charge on any atom is -0.298 e. The van der Waals surface area contributed by atoms with Crippen LogP contribution in [0.25, 0.3) is 0 Å². The molecule has 0 amide bonds. The maximum absolute atomic E-state index is 11.3.